The molecule has 1 aliphatic rings. The first-order valence-corrected chi connectivity index (χ1v) is 28.8. The summed E-state index contributed by atoms with van der Waals surface area (Å²) in [4.78, 5) is 134. The average molecular weight is 1080 g/mol. The van der Waals surface area contributed by atoms with Gasteiger partial charge in [0, 0.05) is 46.8 Å². The van der Waals surface area contributed by atoms with E-state index < -0.39 is 101 Å². The first kappa shape index (κ1) is 64.3. The number of hydrogen-bond donors (Lipinski definition) is 6. The van der Waals surface area contributed by atoms with Crippen molar-refractivity contribution < 1.29 is 43.2 Å². The fourth-order valence-corrected chi connectivity index (χ4v) is 10.1. The van der Waals surface area contributed by atoms with Crippen LogP contribution in [-0.4, -0.2) is 156 Å². The van der Waals surface area contributed by atoms with Crippen molar-refractivity contribution in [2.75, 3.05) is 39.7 Å². The second-order valence-electron chi connectivity index (χ2n) is 20.0. The molecule has 0 spiro atoms. The Labute approximate surface area is 456 Å². The van der Waals surface area contributed by atoms with E-state index >= 15 is 0 Å². The molecule has 2 aromatic rings. The van der Waals surface area contributed by atoms with Crippen molar-refractivity contribution in [1.82, 2.24) is 46.6 Å². The molecule has 9 amide bonds. The summed E-state index contributed by atoms with van der Waals surface area (Å²) < 4.78 is 0. The van der Waals surface area contributed by atoms with E-state index in [-0.39, 0.29) is 56.5 Å². The summed E-state index contributed by atoms with van der Waals surface area (Å²) in [6.45, 7) is 9.80. The van der Waals surface area contributed by atoms with Gasteiger partial charge in [0.15, 0.2) is 0 Å². The molecule has 1 saturated heterocycles. The number of benzene rings is 2. The molecule has 0 saturated carbocycles. The zero-order valence-corrected chi connectivity index (χ0v) is 47.6. The number of amides is 9. The van der Waals surface area contributed by atoms with Crippen molar-refractivity contribution in [2.24, 2.45) is 0 Å². The summed E-state index contributed by atoms with van der Waals surface area (Å²) in [5.41, 5.74) is 1.50. The Morgan fingerprint density at radius 3 is 1.25 bits per heavy atom. The molecule has 1 heterocycles. The van der Waals surface area contributed by atoms with Gasteiger partial charge in [-0.05, 0) is 43.2 Å². The van der Waals surface area contributed by atoms with Crippen molar-refractivity contribution in [2.45, 2.75) is 192 Å². The molecule has 76 heavy (non-hydrogen) atoms. The smallest absolute Gasteiger partial charge is 0.245 e. The van der Waals surface area contributed by atoms with Gasteiger partial charge in [-0.1, -0.05) is 159 Å². The molecule has 6 N–H and O–H groups in total. The molecule has 1 fully saturated rings. The highest BCUT2D eigenvalue weighted by atomic mass is 32.2. The summed E-state index contributed by atoms with van der Waals surface area (Å²) in [5.74, 6) is -5.23. The van der Waals surface area contributed by atoms with Gasteiger partial charge >= 0.3 is 0 Å². The number of carbonyl (C=O) groups excluding carboxylic acids is 9. The highest BCUT2D eigenvalue weighted by molar-refractivity contribution is 8.00. The number of unbranched alkanes of at least 4 members (excludes halogenated alkanes) is 5. The van der Waals surface area contributed by atoms with Crippen molar-refractivity contribution in [3.63, 3.8) is 0 Å². The molecule has 3 rings (SSSR count). The molecule has 18 nitrogen and oxygen atoms in total. The first-order chi connectivity index (χ1) is 36.5. The van der Waals surface area contributed by atoms with E-state index in [1.807, 2.05) is 95.3 Å². The van der Waals surface area contributed by atoms with Crippen LogP contribution in [0.3, 0.4) is 0 Å². The zero-order chi connectivity index (χ0) is 56.2. The number of nitrogens with zero attached hydrogens (tertiary/aromatic N) is 3. The molecule has 0 aliphatic carbocycles. The Morgan fingerprint density at radius 1 is 0.487 bits per heavy atom. The molecule has 0 unspecified atom stereocenters. The predicted molar refractivity (Wildman–Crippen MR) is 299 cm³/mol. The van der Waals surface area contributed by atoms with Gasteiger partial charge in [-0.25, -0.2) is 0 Å². The maximum Gasteiger partial charge on any atom is 0.245 e. The minimum absolute atomic E-state index is 0.0406. The second kappa shape index (κ2) is 34.6. The second-order valence-corrected chi connectivity index (χ2v) is 21.0. The van der Waals surface area contributed by atoms with Crippen molar-refractivity contribution in [1.29, 1.82) is 0 Å². The van der Waals surface area contributed by atoms with E-state index in [9.17, 15) is 43.2 Å². The fraction of sp³-hybridized carbons (Fsp3) is 0.632. The Hall–Kier alpha value is -5.98. The van der Waals surface area contributed by atoms with Gasteiger partial charge in [0.25, 0.3) is 0 Å². The number of rotatable bonds is 20. The van der Waals surface area contributed by atoms with Crippen LogP contribution in [0.4, 0.5) is 0 Å². The first-order valence-electron chi connectivity index (χ1n) is 27.6. The number of carbonyl (C=O) groups is 9. The standard InChI is InChI=1S/C57H89N9O9S/c1-10-15-30-41-51(69)63-45(50(68)58-6)37-76-38-49(67)59-43(35-39-26-22-20-23-27-39)56(74)65(8)47(33-18-13-4)53(71)61-42(31-16-11-2)55(73)64(7)48(34-19-14-5)54(72)62-44(36-40-28-24-21-25-29-40)57(75)66(9)46(32-17-12-3)52(70)60-41/h20-29,41-48H,10-19,30-38H2,1-9H3,(H,58,68)(H,59,67)(H,60,70)(H,61,71)(H,62,72)(H,63,69)/t41-,42-,43+,44-,45-,46-,47-,48-/m0/s1. The quantitative estimate of drug-likeness (QED) is 0.106. The molecule has 0 radical (unpaired) electrons. The highest BCUT2D eigenvalue weighted by Crippen LogP contribution is 2.19. The highest BCUT2D eigenvalue weighted by Gasteiger charge is 2.39. The van der Waals surface area contributed by atoms with Crippen LogP contribution in [0.15, 0.2) is 60.7 Å². The largest absolute Gasteiger partial charge is 0.357 e. The van der Waals surface area contributed by atoms with E-state index in [1.165, 1.54) is 42.9 Å². The third-order valence-corrected chi connectivity index (χ3v) is 15.0. The number of thioether (sulfide) groups is 1. The van der Waals surface area contributed by atoms with Gasteiger partial charge < -0.3 is 46.6 Å². The van der Waals surface area contributed by atoms with Crippen LogP contribution in [0.5, 0.6) is 0 Å². The molecule has 0 aromatic heterocycles. The van der Waals surface area contributed by atoms with Gasteiger partial charge in [0.2, 0.25) is 53.2 Å². The minimum Gasteiger partial charge on any atom is -0.357 e. The van der Waals surface area contributed by atoms with Gasteiger partial charge in [0.05, 0.1) is 5.75 Å². The van der Waals surface area contributed by atoms with Crippen molar-refractivity contribution in [3.8, 4) is 0 Å². The minimum atomic E-state index is -1.19. The van der Waals surface area contributed by atoms with Crippen molar-refractivity contribution in [3.05, 3.63) is 71.8 Å². The monoisotopic (exact) mass is 1080 g/mol. The summed E-state index contributed by atoms with van der Waals surface area (Å²) in [7, 11) is 5.97. The Kier molecular flexibility index (Phi) is 29.3. The molecule has 0 bridgehead atoms. The van der Waals surface area contributed by atoms with E-state index in [2.05, 4.69) is 31.9 Å². The predicted octanol–water partition coefficient (Wildman–Crippen LogP) is 4.82. The zero-order valence-electron chi connectivity index (χ0n) is 46.8. The molecule has 2 aromatic carbocycles. The number of nitrogens with one attached hydrogen (secondary N) is 6. The van der Waals surface area contributed by atoms with E-state index in [0.29, 0.717) is 64.2 Å². The van der Waals surface area contributed by atoms with Gasteiger partial charge in [-0.15, -0.1) is 11.8 Å². The lowest BCUT2D eigenvalue weighted by atomic mass is 10.00. The Balaban J connectivity index is 2.25. The molecular formula is C57H89N9O9S. The van der Waals surface area contributed by atoms with Crippen molar-refractivity contribution >= 4 is 64.9 Å². The number of likely N-dealkylation sites (N-methyl/N-ethyl adjacent to an activating group) is 4. The Bertz CT molecular complexity index is 2170. The van der Waals surface area contributed by atoms with Crippen LogP contribution < -0.4 is 31.9 Å². The number of hydrogen-bond acceptors (Lipinski definition) is 10. The van der Waals surface area contributed by atoms with Crippen LogP contribution in [0.25, 0.3) is 0 Å². The van der Waals surface area contributed by atoms with E-state index in [1.54, 1.807) is 0 Å². The summed E-state index contributed by atoms with van der Waals surface area (Å²) in [6.07, 6.45) is 7.66. The summed E-state index contributed by atoms with van der Waals surface area (Å²) >= 11 is 1.07. The third-order valence-electron chi connectivity index (χ3n) is 14.0. The van der Waals surface area contributed by atoms with Crippen LogP contribution in [0, 0.1) is 0 Å². The maximum absolute atomic E-state index is 15.0. The molecule has 422 valence electrons. The average Bonchev–Trinajstić information content (AvgIpc) is 3.41. The van der Waals surface area contributed by atoms with Crippen LogP contribution >= 0.6 is 11.8 Å². The lowest BCUT2D eigenvalue weighted by molar-refractivity contribution is -0.146. The van der Waals surface area contributed by atoms with Gasteiger partial charge in [-0.3, -0.25) is 43.2 Å². The third kappa shape index (κ3) is 20.5. The lowest BCUT2D eigenvalue weighted by Crippen LogP contribution is -2.61. The molecular weight excluding hydrogens is 987 g/mol. The van der Waals surface area contributed by atoms with Crippen LogP contribution in [0.1, 0.15) is 142 Å². The van der Waals surface area contributed by atoms with E-state index in [0.717, 1.165) is 22.9 Å². The molecule has 1 aliphatic heterocycles. The van der Waals surface area contributed by atoms with E-state index in [4.69, 9.17) is 0 Å². The van der Waals surface area contributed by atoms with Gasteiger partial charge in [-0.2, -0.15) is 0 Å². The lowest BCUT2D eigenvalue weighted by Gasteiger charge is -2.35. The summed E-state index contributed by atoms with van der Waals surface area (Å²) in [6, 6.07) is 9.53. The topological polar surface area (TPSA) is 236 Å². The molecule has 19 heteroatoms. The Morgan fingerprint density at radius 2 is 0.842 bits per heavy atom. The van der Waals surface area contributed by atoms with Gasteiger partial charge in [0.1, 0.15) is 48.3 Å². The maximum atomic E-state index is 15.0. The fourth-order valence-electron chi connectivity index (χ4n) is 9.27. The SMILES string of the molecule is CCCC[C@@H]1NC(=O)[C@H](CCCC)N(C)C(=O)[C@H](Cc2ccccc2)NC(=O)[C@H](CCCC)N(C)C(=O)[C@H](CCCC)NC(=O)[C@H](CCCC)N(C)C(=O)[C@@H](Cc2ccccc2)NC(=O)CSC[C@@H](C(=O)NC)NC1=O. The summed E-state index contributed by atoms with van der Waals surface area (Å²) in [5, 5.41) is 17.1. The van der Waals surface area contributed by atoms with Crippen LogP contribution in [-0.2, 0) is 56.0 Å². The molecule has 8 atom stereocenters. The van der Waals surface area contributed by atoms with Crippen LogP contribution in [0.2, 0.25) is 0 Å². The normalized spacial score (nSPS) is 23.7.